The minimum atomic E-state index is 0.457. The normalized spacial score (nSPS) is 12.1. The third-order valence-electron chi connectivity index (χ3n) is 4.77. The second-order valence-corrected chi connectivity index (χ2v) is 6.84. The number of hydrogen-bond acceptors (Lipinski definition) is 7. The molecule has 0 saturated heterocycles. The molecule has 0 bridgehead atoms. The molecular weight excluding hydrogens is 376 g/mol. The van der Waals surface area contributed by atoms with Gasteiger partial charge in [-0.15, -0.1) is 10.2 Å². The molecule has 2 heterocycles. The van der Waals surface area contributed by atoms with Gasteiger partial charge in [0.1, 0.15) is 0 Å². The molecule has 7 nitrogen and oxygen atoms in total. The van der Waals surface area contributed by atoms with Crippen LogP contribution in [0.1, 0.15) is 26.2 Å². The van der Waals surface area contributed by atoms with E-state index in [1.807, 2.05) is 54.7 Å². The van der Waals surface area contributed by atoms with Gasteiger partial charge >= 0.3 is 0 Å². The van der Waals surface area contributed by atoms with Crippen molar-refractivity contribution in [2.45, 2.75) is 26.2 Å². The Balaban J connectivity index is 1.54. The van der Waals surface area contributed by atoms with Crippen molar-refractivity contribution in [1.82, 2.24) is 15.2 Å². The lowest BCUT2D eigenvalue weighted by molar-refractivity contribution is 0.585. The lowest BCUT2D eigenvalue weighted by Gasteiger charge is -2.01. The van der Waals surface area contributed by atoms with Gasteiger partial charge in [-0.25, -0.2) is 0 Å². The molecule has 2 aromatic heterocycles. The molecular formula is C23H22N6O. The van der Waals surface area contributed by atoms with Gasteiger partial charge < -0.3 is 10.3 Å². The Morgan fingerprint density at radius 1 is 1.07 bits per heavy atom. The van der Waals surface area contributed by atoms with E-state index < -0.39 is 0 Å². The second-order valence-electron chi connectivity index (χ2n) is 6.84. The van der Waals surface area contributed by atoms with Crippen molar-refractivity contribution in [3.05, 3.63) is 60.9 Å². The third-order valence-corrected chi connectivity index (χ3v) is 4.77. The van der Waals surface area contributed by atoms with Gasteiger partial charge in [-0.3, -0.25) is 9.98 Å². The van der Waals surface area contributed by atoms with Crippen molar-refractivity contribution in [2.24, 2.45) is 15.9 Å². The quantitative estimate of drug-likeness (QED) is 0.263. The monoisotopic (exact) mass is 398 g/mol. The van der Waals surface area contributed by atoms with E-state index in [1.165, 1.54) is 0 Å². The van der Waals surface area contributed by atoms with Crippen LogP contribution >= 0.6 is 0 Å². The zero-order chi connectivity index (χ0) is 20.8. The summed E-state index contributed by atoms with van der Waals surface area (Å²) in [7, 11) is 0. The van der Waals surface area contributed by atoms with E-state index in [0.29, 0.717) is 11.8 Å². The van der Waals surface area contributed by atoms with Crippen molar-refractivity contribution < 1.29 is 4.42 Å². The van der Waals surface area contributed by atoms with Crippen molar-refractivity contribution in [2.75, 3.05) is 0 Å². The van der Waals surface area contributed by atoms with Crippen molar-refractivity contribution >= 4 is 28.4 Å². The van der Waals surface area contributed by atoms with Crippen LogP contribution in [0.5, 0.6) is 0 Å². The van der Waals surface area contributed by atoms with Gasteiger partial charge in [0.25, 0.3) is 0 Å². The average Bonchev–Trinajstić information content (AvgIpc) is 3.29. The molecule has 0 amide bonds. The number of hydrazone groups is 1. The highest BCUT2D eigenvalue weighted by Crippen LogP contribution is 2.30. The van der Waals surface area contributed by atoms with Crippen LogP contribution in [0, 0.1) is 0 Å². The van der Waals surface area contributed by atoms with Gasteiger partial charge in [-0.2, -0.15) is 5.10 Å². The predicted molar refractivity (Wildman–Crippen MR) is 120 cm³/mol. The molecule has 0 aliphatic heterocycles. The Kier molecular flexibility index (Phi) is 5.89. The minimum absolute atomic E-state index is 0.457. The Hall–Kier alpha value is -3.87. The number of nitrogens with zero attached hydrogens (tertiary/aromatic N) is 5. The second kappa shape index (κ2) is 9.09. The van der Waals surface area contributed by atoms with Crippen LogP contribution < -0.4 is 5.84 Å². The Labute approximate surface area is 174 Å². The van der Waals surface area contributed by atoms with E-state index in [4.69, 9.17) is 10.3 Å². The highest BCUT2D eigenvalue weighted by molar-refractivity contribution is 6.30. The van der Waals surface area contributed by atoms with E-state index in [0.717, 1.165) is 52.6 Å². The molecule has 7 heteroatoms. The van der Waals surface area contributed by atoms with Gasteiger partial charge in [-0.05, 0) is 54.6 Å². The zero-order valence-electron chi connectivity index (χ0n) is 16.7. The van der Waals surface area contributed by atoms with E-state index in [-0.39, 0.29) is 0 Å². The lowest BCUT2D eigenvalue weighted by atomic mass is 10.1. The van der Waals surface area contributed by atoms with E-state index in [2.05, 4.69) is 32.2 Å². The first kappa shape index (κ1) is 19.4. The first-order valence-electron chi connectivity index (χ1n) is 9.86. The van der Waals surface area contributed by atoms with Gasteiger partial charge in [-0.1, -0.05) is 25.5 Å². The van der Waals surface area contributed by atoms with Gasteiger partial charge in [0, 0.05) is 28.9 Å². The summed E-state index contributed by atoms with van der Waals surface area (Å²) in [5.41, 5.74) is 3.30. The van der Waals surface area contributed by atoms with E-state index in [1.54, 1.807) is 12.4 Å². The maximum Gasteiger partial charge on any atom is 0.248 e. The first-order chi connectivity index (χ1) is 14.8. The topological polar surface area (TPSA) is 103 Å². The largest absolute Gasteiger partial charge is 0.416 e. The van der Waals surface area contributed by atoms with E-state index >= 15 is 0 Å². The van der Waals surface area contributed by atoms with Crippen molar-refractivity contribution in [3.63, 3.8) is 0 Å². The fraction of sp³-hybridized carbons (Fsp3) is 0.174. The third kappa shape index (κ3) is 4.25. The highest BCUT2D eigenvalue weighted by Gasteiger charge is 2.13. The molecule has 0 saturated carbocycles. The molecule has 0 radical (unpaired) electrons. The number of benzene rings is 2. The average molecular weight is 398 g/mol. The summed E-state index contributed by atoms with van der Waals surface area (Å²) in [6.45, 7) is 2.13. The molecule has 0 unspecified atom stereocenters. The number of aliphatic imine (C=N–C) groups is 1. The molecule has 4 rings (SSSR count). The van der Waals surface area contributed by atoms with E-state index in [9.17, 15) is 0 Å². The number of rotatable bonds is 7. The molecule has 0 aliphatic rings. The molecule has 30 heavy (non-hydrogen) atoms. The van der Waals surface area contributed by atoms with Crippen LogP contribution in [0.3, 0.4) is 0 Å². The van der Waals surface area contributed by atoms with Crippen molar-refractivity contribution in [1.29, 1.82) is 0 Å². The van der Waals surface area contributed by atoms with Crippen LogP contribution in [-0.2, 0) is 0 Å². The molecule has 2 N–H and O–H groups in total. The number of aromatic nitrogens is 3. The molecule has 0 spiro atoms. The summed E-state index contributed by atoms with van der Waals surface area (Å²) in [4.78, 5) is 8.61. The van der Waals surface area contributed by atoms with Crippen molar-refractivity contribution in [3.8, 4) is 22.9 Å². The summed E-state index contributed by atoms with van der Waals surface area (Å²) >= 11 is 0. The number of fused-ring (bicyclic) bond motifs is 1. The number of hydrogen-bond donors (Lipinski definition) is 1. The number of pyridine rings is 1. The Morgan fingerprint density at radius 2 is 1.90 bits per heavy atom. The number of unbranched alkanes of at least 4 members (excludes halogenated alkanes) is 1. The van der Waals surface area contributed by atoms with Crippen LogP contribution in [0.2, 0.25) is 0 Å². The Morgan fingerprint density at radius 3 is 2.70 bits per heavy atom. The maximum atomic E-state index is 5.95. The molecule has 0 fully saturated rings. The predicted octanol–water partition coefficient (Wildman–Crippen LogP) is 5.16. The fourth-order valence-electron chi connectivity index (χ4n) is 3.12. The summed E-state index contributed by atoms with van der Waals surface area (Å²) in [6.07, 6.45) is 8.23. The van der Waals surface area contributed by atoms with Gasteiger partial charge in [0.2, 0.25) is 11.8 Å². The SMILES string of the molecule is CCCC/C(C=Nc1ccc(-c2nnc(-c3cccc4cnccc34)o2)cc1)=N/N. The fourth-order valence-corrected chi connectivity index (χ4v) is 3.12. The molecule has 4 aromatic rings. The van der Waals surface area contributed by atoms with Gasteiger partial charge in [0.05, 0.1) is 17.6 Å². The smallest absolute Gasteiger partial charge is 0.248 e. The summed E-state index contributed by atoms with van der Waals surface area (Å²) < 4.78 is 5.95. The van der Waals surface area contributed by atoms with Crippen LogP contribution in [0.15, 0.2) is 75.4 Å². The maximum absolute atomic E-state index is 5.95. The molecule has 0 atom stereocenters. The van der Waals surface area contributed by atoms with Crippen LogP contribution in [0.25, 0.3) is 33.7 Å². The van der Waals surface area contributed by atoms with Gasteiger partial charge in [0.15, 0.2) is 0 Å². The molecule has 0 aliphatic carbocycles. The van der Waals surface area contributed by atoms with Crippen LogP contribution in [-0.4, -0.2) is 27.1 Å². The molecule has 2 aromatic carbocycles. The Bertz CT molecular complexity index is 1190. The van der Waals surface area contributed by atoms with Crippen LogP contribution in [0.4, 0.5) is 5.69 Å². The lowest BCUT2D eigenvalue weighted by Crippen LogP contribution is -2.03. The first-order valence-corrected chi connectivity index (χ1v) is 9.86. The minimum Gasteiger partial charge on any atom is -0.416 e. The summed E-state index contributed by atoms with van der Waals surface area (Å²) in [6, 6.07) is 15.5. The standard InChI is InChI=1S/C23H22N6O/c1-2-3-6-19(27-24)15-26-18-10-8-16(9-11-18)22-28-29-23(30-22)21-7-4-5-17-14-25-13-12-20(17)21/h4-5,7-15H,2-3,6,24H2,1H3/b26-15?,27-19-. The zero-order valence-corrected chi connectivity index (χ0v) is 16.7. The number of nitrogens with two attached hydrogens (primary N) is 1. The highest BCUT2D eigenvalue weighted by atomic mass is 16.4. The molecule has 150 valence electrons. The summed E-state index contributed by atoms with van der Waals surface area (Å²) in [5, 5.41) is 14.3. The summed E-state index contributed by atoms with van der Waals surface area (Å²) in [5.74, 6) is 6.36.